The highest BCUT2D eigenvalue weighted by Gasteiger charge is 2.15. The van der Waals surface area contributed by atoms with Crippen LogP contribution in [-0.4, -0.2) is 23.4 Å². The van der Waals surface area contributed by atoms with Crippen LogP contribution >= 0.6 is 0 Å². The highest BCUT2D eigenvalue weighted by Crippen LogP contribution is 2.26. The third-order valence-corrected chi connectivity index (χ3v) is 3.01. The van der Waals surface area contributed by atoms with Crippen LogP contribution in [0.1, 0.15) is 17.0 Å². The molecule has 0 unspecified atom stereocenters. The summed E-state index contributed by atoms with van der Waals surface area (Å²) in [7, 11) is 3.94. The van der Waals surface area contributed by atoms with Gasteiger partial charge in [-0.2, -0.15) is 5.10 Å². The third-order valence-electron chi connectivity index (χ3n) is 3.01. The number of hydrogen-bond donors (Lipinski definition) is 1. The van der Waals surface area contributed by atoms with E-state index in [1.807, 2.05) is 37.8 Å². The molecule has 0 atom stereocenters. The summed E-state index contributed by atoms with van der Waals surface area (Å²) in [5.74, 6) is 1.77. The molecule has 0 aliphatic carbocycles. The molecule has 2 aromatic heterocycles. The monoisotopic (exact) mass is 233 g/mol. The van der Waals surface area contributed by atoms with Gasteiger partial charge in [-0.15, -0.1) is 0 Å². The Hall–Kier alpha value is -1.55. The van der Waals surface area contributed by atoms with Crippen LogP contribution in [0.5, 0.6) is 0 Å². The number of hydrogen-bond acceptors (Lipinski definition) is 3. The molecule has 0 radical (unpaired) electrons. The Morgan fingerprint density at radius 1 is 1.35 bits per heavy atom. The number of aryl methyl sites for hydroxylation is 2. The van der Waals surface area contributed by atoms with Gasteiger partial charge in [0.15, 0.2) is 5.76 Å². The Morgan fingerprint density at radius 2 is 2.12 bits per heavy atom. The van der Waals surface area contributed by atoms with E-state index in [9.17, 15) is 0 Å². The quantitative estimate of drug-likeness (QED) is 0.879. The van der Waals surface area contributed by atoms with Crippen molar-refractivity contribution in [1.29, 1.82) is 0 Å². The molecule has 0 aliphatic heterocycles. The van der Waals surface area contributed by atoms with E-state index in [2.05, 4.69) is 17.3 Å². The van der Waals surface area contributed by atoms with Crippen LogP contribution in [0.3, 0.4) is 0 Å². The highest BCUT2D eigenvalue weighted by molar-refractivity contribution is 5.58. The molecule has 0 aliphatic rings. The number of rotatable bonds is 4. The van der Waals surface area contributed by atoms with Gasteiger partial charge in [-0.05, 0) is 33.0 Å². The molecule has 1 N–H and O–H groups in total. The summed E-state index contributed by atoms with van der Waals surface area (Å²) in [5.41, 5.74) is 3.41. The second-order valence-electron chi connectivity index (χ2n) is 4.31. The van der Waals surface area contributed by atoms with Crippen LogP contribution in [-0.2, 0) is 13.5 Å². The zero-order chi connectivity index (χ0) is 12.4. The van der Waals surface area contributed by atoms with Crippen molar-refractivity contribution >= 4 is 0 Å². The van der Waals surface area contributed by atoms with Crippen LogP contribution in [0.4, 0.5) is 0 Å². The summed E-state index contributed by atoms with van der Waals surface area (Å²) in [6.07, 6.45) is 0.978. The maximum Gasteiger partial charge on any atom is 0.154 e. The molecule has 0 bridgehead atoms. The van der Waals surface area contributed by atoms with Gasteiger partial charge in [0.25, 0.3) is 0 Å². The number of aromatic nitrogens is 2. The summed E-state index contributed by atoms with van der Waals surface area (Å²) >= 11 is 0. The summed E-state index contributed by atoms with van der Waals surface area (Å²) in [4.78, 5) is 0. The van der Waals surface area contributed by atoms with Gasteiger partial charge in [-0.25, -0.2) is 0 Å². The van der Waals surface area contributed by atoms with Crippen molar-refractivity contribution in [2.75, 3.05) is 13.6 Å². The molecule has 0 spiro atoms. The maximum atomic E-state index is 5.63. The van der Waals surface area contributed by atoms with Crippen molar-refractivity contribution in [3.8, 4) is 11.5 Å². The molecule has 2 heterocycles. The number of likely N-dealkylation sites (N-methyl/N-ethyl adjacent to an activating group) is 1. The van der Waals surface area contributed by atoms with Crippen molar-refractivity contribution in [3.63, 3.8) is 0 Å². The summed E-state index contributed by atoms with van der Waals surface area (Å²) in [6.45, 7) is 5.01. The molecule has 92 valence electrons. The number of nitrogens with zero attached hydrogens (tertiary/aromatic N) is 2. The zero-order valence-corrected chi connectivity index (χ0v) is 10.9. The fourth-order valence-corrected chi connectivity index (χ4v) is 2.05. The van der Waals surface area contributed by atoms with Crippen LogP contribution in [0.25, 0.3) is 11.5 Å². The van der Waals surface area contributed by atoms with Crippen LogP contribution in [0.2, 0.25) is 0 Å². The van der Waals surface area contributed by atoms with Gasteiger partial charge in [0.05, 0.1) is 0 Å². The van der Waals surface area contributed by atoms with E-state index in [0.717, 1.165) is 30.2 Å². The Bertz CT molecular complexity index is 511. The maximum absolute atomic E-state index is 5.63. The van der Waals surface area contributed by atoms with Crippen LogP contribution in [0.15, 0.2) is 16.5 Å². The van der Waals surface area contributed by atoms with Gasteiger partial charge >= 0.3 is 0 Å². The number of nitrogens with one attached hydrogen (secondary N) is 1. The first-order valence-corrected chi connectivity index (χ1v) is 5.87. The first-order valence-electron chi connectivity index (χ1n) is 5.87. The summed E-state index contributed by atoms with van der Waals surface area (Å²) in [6, 6.07) is 3.95. The fourth-order valence-electron chi connectivity index (χ4n) is 2.05. The minimum atomic E-state index is 0.853. The van der Waals surface area contributed by atoms with E-state index in [1.54, 1.807) is 0 Å². The molecule has 0 amide bonds. The van der Waals surface area contributed by atoms with Gasteiger partial charge in [-0.1, -0.05) is 0 Å². The molecule has 0 aromatic carbocycles. The van der Waals surface area contributed by atoms with E-state index < -0.39 is 0 Å². The predicted octanol–water partition coefficient (Wildman–Crippen LogP) is 2.06. The summed E-state index contributed by atoms with van der Waals surface area (Å²) in [5, 5.41) is 7.70. The Balaban J connectivity index is 2.36. The molecule has 2 aromatic rings. The van der Waals surface area contributed by atoms with Gasteiger partial charge in [0.2, 0.25) is 0 Å². The second kappa shape index (κ2) is 4.75. The first kappa shape index (κ1) is 11.9. The predicted molar refractivity (Wildman–Crippen MR) is 68.0 cm³/mol. The molecule has 17 heavy (non-hydrogen) atoms. The largest absolute Gasteiger partial charge is 0.460 e. The van der Waals surface area contributed by atoms with Crippen molar-refractivity contribution in [1.82, 2.24) is 15.1 Å². The normalized spacial score (nSPS) is 11.1. The first-order chi connectivity index (χ1) is 8.13. The lowest BCUT2D eigenvalue weighted by atomic mass is 10.1. The van der Waals surface area contributed by atoms with Gasteiger partial charge in [0, 0.05) is 31.3 Å². The Kier molecular flexibility index (Phi) is 3.33. The van der Waals surface area contributed by atoms with Crippen LogP contribution < -0.4 is 5.32 Å². The number of furan rings is 1. The van der Waals surface area contributed by atoms with E-state index >= 15 is 0 Å². The van der Waals surface area contributed by atoms with Gasteiger partial charge in [0.1, 0.15) is 11.5 Å². The average Bonchev–Trinajstić information content (AvgIpc) is 2.82. The lowest BCUT2D eigenvalue weighted by Gasteiger charge is -2.02. The van der Waals surface area contributed by atoms with Crippen LogP contribution in [0, 0.1) is 13.8 Å². The minimum Gasteiger partial charge on any atom is -0.460 e. The van der Waals surface area contributed by atoms with Gasteiger partial charge < -0.3 is 9.73 Å². The third kappa shape index (κ3) is 2.26. The average molecular weight is 233 g/mol. The van der Waals surface area contributed by atoms with Crippen molar-refractivity contribution in [2.45, 2.75) is 20.3 Å². The fraction of sp³-hybridized carbons (Fsp3) is 0.462. The lowest BCUT2D eigenvalue weighted by Crippen LogP contribution is -2.13. The topological polar surface area (TPSA) is 43.0 Å². The van der Waals surface area contributed by atoms with Crippen molar-refractivity contribution in [2.24, 2.45) is 7.05 Å². The highest BCUT2D eigenvalue weighted by atomic mass is 16.3. The Labute approximate surface area is 102 Å². The molecule has 4 nitrogen and oxygen atoms in total. The van der Waals surface area contributed by atoms with Crippen molar-refractivity contribution < 1.29 is 4.42 Å². The van der Waals surface area contributed by atoms with E-state index in [0.29, 0.717) is 0 Å². The molecular weight excluding hydrogens is 214 g/mol. The lowest BCUT2D eigenvalue weighted by molar-refractivity contribution is 0.544. The SMILES string of the molecule is CNCCc1c(C)c(-c2ccc(C)o2)nn1C. The van der Waals surface area contributed by atoms with Gasteiger partial charge in [-0.3, -0.25) is 4.68 Å². The smallest absolute Gasteiger partial charge is 0.154 e. The van der Waals surface area contributed by atoms with E-state index in [4.69, 9.17) is 4.42 Å². The van der Waals surface area contributed by atoms with E-state index in [1.165, 1.54) is 11.3 Å². The molecular formula is C13H19N3O. The molecule has 0 fully saturated rings. The minimum absolute atomic E-state index is 0.853. The Morgan fingerprint density at radius 3 is 2.71 bits per heavy atom. The molecule has 2 rings (SSSR count). The second-order valence-corrected chi connectivity index (χ2v) is 4.31. The molecule has 4 heteroatoms. The summed E-state index contributed by atoms with van der Waals surface area (Å²) < 4.78 is 7.58. The molecule has 0 saturated heterocycles. The zero-order valence-electron chi connectivity index (χ0n) is 10.9. The van der Waals surface area contributed by atoms with E-state index in [-0.39, 0.29) is 0 Å². The molecule has 0 saturated carbocycles. The van der Waals surface area contributed by atoms with Crippen molar-refractivity contribution in [3.05, 3.63) is 29.2 Å². The standard InChI is InChI=1S/C13H19N3O/c1-9-5-6-12(17-9)13-10(2)11(7-8-14-3)16(4)15-13/h5-6,14H,7-8H2,1-4H3.